The van der Waals surface area contributed by atoms with Gasteiger partial charge in [0, 0.05) is 29.8 Å². The predicted molar refractivity (Wildman–Crippen MR) is 87.5 cm³/mol. The molecule has 2 aromatic carbocycles. The van der Waals surface area contributed by atoms with Crippen molar-refractivity contribution < 1.29 is 4.39 Å². The van der Waals surface area contributed by atoms with Gasteiger partial charge in [-0.3, -0.25) is 4.90 Å². The Morgan fingerprint density at radius 1 is 1.00 bits per heavy atom. The number of piperidine rings is 1. The number of rotatable bonds is 2. The van der Waals surface area contributed by atoms with E-state index in [1.807, 2.05) is 6.07 Å². The van der Waals surface area contributed by atoms with Gasteiger partial charge in [0.15, 0.2) is 0 Å². The highest BCUT2D eigenvalue weighted by molar-refractivity contribution is 5.61. The third kappa shape index (κ3) is 2.30. The molecule has 0 amide bonds. The molecule has 1 N–H and O–H groups in total. The van der Waals surface area contributed by atoms with Crippen LogP contribution in [0.25, 0.3) is 0 Å². The van der Waals surface area contributed by atoms with Gasteiger partial charge in [-0.15, -0.1) is 0 Å². The fourth-order valence-electron chi connectivity index (χ4n) is 3.97. The van der Waals surface area contributed by atoms with Gasteiger partial charge in [-0.25, -0.2) is 4.39 Å². The maximum atomic E-state index is 14.3. The summed E-state index contributed by atoms with van der Waals surface area (Å²) in [6.07, 6.45) is 2.06. The molecule has 2 aromatic rings. The number of nitrogens with one attached hydrogen (secondary N) is 1. The minimum Gasteiger partial charge on any atom is -0.384 e. The van der Waals surface area contributed by atoms with Crippen molar-refractivity contribution in [1.29, 1.82) is 0 Å². The number of anilines is 1. The second kappa shape index (κ2) is 5.40. The van der Waals surface area contributed by atoms with Gasteiger partial charge in [0.25, 0.3) is 0 Å². The lowest BCUT2D eigenvalue weighted by Crippen LogP contribution is -2.43. The van der Waals surface area contributed by atoms with Crippen molar-refractivity contribution in [3.05, 3.63) is 65.5 Å². The van der Waals surface area contributed by atoms with Crippen molar-refractivity contribution >= 4 is 5.69 Å². The Morgan fingerprint density at radius 3 is 2.55 bits per heavy atom. The zero-order valence-electron chi connectivity index (χ0n) is 12.7. The summed E-state index contributed by atoms with van der Waals surface area (Å²) < 4.78 is 14.3. The molecule has 0 saturated carbocycles. The van der Waals surface area contributed by atoms with Crippen LogP contribution in [-0.2, 0) is 12.0 Å². The average molecular weight is 296 g/mol. The molecule has 0 unspecified atom stereocenters. The molecule has 2 heterocycles. The Labute approximate surface area is 131 Å². The van der Waals surface area contributed by atoms with E-state index in [9.17, 15) is 4.39 Å². The first kappa shape index (κ1) is 13.8. The molecule has 0 aromatic heterocycles. The molecule has 114 valence electrons. The number of likely N-dealkylation sites (tertiary alicyclic amines) is 1. The summed E-state index contributed by atoms with van der Waals surface area (Å²) in [6, 6.07) is 16.0. The van der Waals surface area contributed by atoms with Crippen LogP contribution in [0.3, 0.4) is 0 Å². The third-order valence-corrected chi connectivity index (χ3v) is 5.22. The zero-order valence-corrected chi connectivity index (χ0v) is 12.7. The minimum absolute atomic E-state index is 0.00609. The van der Waals surface area contributed by atoms with E-state index in [4.69, 9.17) is 0 Å². The number of benzene rings is 2. The first-order valence-corrected chi connectivity index (χ1v) is 8.06. The highest BCUT2D eigenvalue weighted by atomic mass is 19.1. The quantitative estimate of drug-likeness (QED) is 0.907. The molecular weight excluding hydrogens is 275 g/mol. The number of hydrogen-bond acceptors (Lipinski definition) is 2. The van der Waals surface area contributed by atoms with E-state index in [1.165, 1.54) is 5.56 Å². The Kier molecular flexibility index (Phi) is 3.38. The molecule has 0 radical (unpaired) electrons. The van der Waals surface area contributed by atoms with Crippen LogP contribution in [-0.4, -0.2) is 24.5 Å². The number of fused-ring (bicyclic) bond motifs is 2. The fraction of sp³-hybridized carbons (Fsp3) is 0.368. The van der Waals surface area contributed by atoms with Crippen LogP contribution in [0.15, 0.2) is 48.5 Å². The molecule has 4 rings (SSSR count). The maximum Gasteiger partial charge on any atom is 0.129 e. The average Bonchev–Trinajstić information content (AvgIpc) is 2.91. The molecule has 1 fully saturated rings. The standard InChI is InChI=1S/C19H21FN2/c20-16-7-4-8-17-18(16)19(14-21-17)9-11-22(12-10-19)13-15-5-2-1-3-6-15/h1-8,21H,9-14H2. The van der Waals surface area contributed by atoms with Crippen molar-refractivity contribution in [2.75, 3.05) is 25.0 Å². The second-order valence-electron chi connectivity index (χ2n) is 6.56. The van der Waals surface area contributed by atoms with Crippen LogP contribution in [0.5, 0.6) is 0 Å². The van der Waals surface area contributed by atoms with Gasteiger partial charge in [0.2, 0.25) is 0 Å². The lowest BCUT2D eigenvalue weighted by atomic mass is 9.74. The lowest BCUT2D eigenvalue weighted by Gasteiger charge is -2.39. The molecule has 2 nitrogen and oxygen atoms in total. The number of hydrogen-bond donors (Lipinski definition) is 1. The monoisotopic (exact) mass is 296 g/mol. The molecule has 2 aliphatic rings. The van der Waals surface area contributed by atoms with Crippen molar-refractivity contribution in [2.24, 2.45) is 0 Å². The first-order chi connectivity index (χ1) is 10.8. The van der Waals surface area contributed by atoms with E-state index in [-0.39, 0.29) is 11.2 Å². The van der Waals surface area contributed by atoms with Crippen molar-refractivity contribution in [2.45, 2.75) is 24.8 Å². The predicted octanol–water partition coefficient (Wildman–Crippen LogP) is 3.79. The summed E-state index contributed by atoms with van der Waals surface area (Å²) in [5, 5.41) is 3.41. The van der Waals surface area contributed by atoms with E-state index >= 15 is 0 Å². The topological polar surface area (TPSA) is 15.3 Å². The molecule has 3 heteroatoms. The van der Waals surface area contributed by atoms with Crippen LogP contribution in [0.2, 0.25) is 0 Å². The van der Waals surface area contributed by atoms with Gasteiger partial charge in [0.05, 0.1) is 0 Å². The Balaban J connectivity index is 1.49. The fourth-order valence-corrected chi connectivity index (χ4v) is 3.97. The summed E-state index contributed by atoms with van der Waals surface area (Å²) >= 11 is 0. The van der Waals surface area contributed by atoms with Crippen molar-refractivity contribution in [3.63, 3.8) is 0 Å². The van der Waals surface area contributed by atoms with E-state index < -0.39 is 0 Å². The summed E-state index contributed by atoms with van der Waals surface area (Å²) in [7, 11) is 0. The van der Waals surface area contributed by atoms with Gasteiger partial charge in [-0.1, -0.05) is 36.4 Å². The highest BCUT2D eigenvalue weighted by Gasteiger charge is 2.43. The van der Waals surface area contributed by atoms with Gasteiger partial charge >= 0.3 is 0 Å². The lowest BCUT2D eigenvalue weighted by molar-refractivity contribution is 0.160. The van der Waals surface area contributed by atoms with Crippen LogP contribution in [0.1, 0.15) is 24.0 Å². The number of nitrogens with zero attached hydrogens (tertiary/aromatic N) is 1. The SMILES string of the molecule is Fc1cccc2c1C1(CCN(Cc3ccccc3)CC1)CN2. The van der Waals surface area contributed by atoms with Crippen LogP contribution in [0.4, 0.5) is 10.1 Å². The van der Waals surface area contributed by atoms with Crippen LogP contribution in [0, 0.1) is 5.82 Å². The van der Waals surface area contributed by atoms with Gasteiger partial charge in [-0.2, -0.15) is 0 Å². The first-order valence-electron chi connectivity index (χ1n) is 8.06. The van der Waals surface area contributed by atoms with E-state index in [0.717, 1.165) is 50.3 Å². The maximum absolute atomic E-state index is 14.3. The summed E-state index contributed by atoms with van der Waals surface area (Å²) in [6.45, 7) is 3.94. The minimum atomic E-state index is -0.0426. The van der Waals surface area contributed by atoms with Gasteiger partial charge in [-0.05, 0) is 43.6 Å². The normalized spacial score (nSPS) is 19.9. The molecule has 0 aliphatic carbocycles. The van der Waals surface area contributed by atoms with Crippen molar-refractivity contribution in [3.8, 4) is 0 Å². The Morgan fingerprint density at radius 2 is 1.77 bits per heavy atom. The summed E-state index contributed by atoms with van der Waals surface area (Å²) in [5.74, 6) is -0.0426. The molecule has 2 aliphatic heterocycles. The van der Waals surface area contributed by atoms with E-state index in [2.05, 4.69) is 40.5 Å². The summed E-state index contributed by atoms with van der Waals surface area (Å²) in [4.78, 5) is 2.49. The molecule has 0 atom stereocenters. The summed E-state index contributed by atoms with van der Waals surface area (Å²) in [5.41, 5.74) is 3.27. The Hall–Kier alpha value is -1.87. The van der Waals surface area contributed by atoms with E-state index in [1.54, 1.807) is 12.1 Å². The van der Waals surface area contributed by atoms with Crippen LogP contribution < -0.4 is 5.32 Å². The third-order valence-electron chi connectivity index (χ3n) is 5.22. The molecular formula is C19H21FN2. The highest BCUT2D eigenvalue weighted by Crippen LogP contribution is 2.45. The molecule has 0 bridgehead atoms. The molecule has 1 saturated heterocycles. The van der Waals surface area contributed by atoms with Crippen molar-refractivity contribution in [1.82, 2.24) is 4.90 Å². The molecule has 1 spiro atoms. The van der Waals surface area contributed by atoms with Crippen LogP contribution >= 0.6 is 0 Å². The molecule has 22 heavy (non-hydrogen) atoms. The van der Waals surface area contributed by atoms with Gasteiger partial charge < -0.3 is 5.32 Å². The van der Waals surface area contributed by atoms with E-state index in [0.29, 0.717) is 0 Å². The largest absolute Gasteiger partial charge is 0.384 e. The van der Waals surface area contributed by atoms with Gasteiger partial charge in [0.1, 0.15) is 5.82 Å². The number of halogens is 1. The zero-order chi connectivity index (χ0) is 15.0. The second-order valence-corrected chi connectivity index (χ2v) is 6.56. The Bertz CT molecular complexity index is 660. The smallest absolute Gasteiger partial charge is 0.129 e.